The van der Waals surface area contributed by atoms with Gasteiger partial charge < -0.3 is 9.84 Å². The molecular weight excluding hydrogens is 271 g/mol. The van der Waals surface area contributed by atoms with Gasteiger partial charge in [0.1, 0.15) is 24.3 Å². The Morgan fingerprint density at radius 2 is 1.95 bits per heavy atom. The molecule has 4 heteroatoms. The van der Waals surface area contributed by atoms with E-state index < -0.39 is 6.17 Å². The number of rotatable bonds is 6. The Balaban J connectivity index is 2.25. The third-order valence-electron chi connectivity index (χ3n) is 3.12. The zero-order valence-electron chi connectivity index (χ0n) is 11.8. The second-order valence-electron chi connectivity index (χ2n) is 4.86. The van der Waals surface area contributed by atoms with E-state index in [0.717, 1.165) is 5.56 Å². The van der Waals surface area contributed by atoms with Crippen molar-refractivity contribution in [3.63, 3.8) is 0 Å². The van der Waals surface area contributed by atoms with Crippen LogP contribution in [0.15, 0.2) is 42.5 Å². The van der Waals surface area contributed by atoms with Gasteiger partial charge in [-0.3, -0.25) is 4.79 Å². The highest BCUT2D eigenvalue weighted by Gasteiger charge is 2.16. The van der Waals surface area contributed by atoms with Crippen LogP contribution in [-0.2, 0) is 13.0 Å². The van der Waals surface area contributed by atoms with Crippen molar-refractivity contribution in [2.24, 2.45) is 0 Å². The summed E-state index contributed by atoms with van der Waals surface area (Å²) in [5.74, 6) is 0.187. The molecule has 0 radical (unpaired) electrons. The molecule has 21 heavy (non-hydrogen) atoms. The monoisotopic (exact) mass is 288 g/mol. The second kappa shape index (κ2) is 6.88. The summed E-state index contributed by atoms with van der Waals surface area (Å²) >= 11 is 0. The topological polar surface area (TPSA) is 46.5 Å². The fraction of sp³-hybridized carbons (Fsp3) is 0.235. The average Bonchev–Trinajstić information content (AvgIpc) is 2.48. The predicted octanol–water partition coefficient (Wildman–Crippen LogP) is 3.68. The molecule has 0 saturated heterocycles. The van der Waals surface area contributed by atoms with Crippen LogP contribution in [-0.4, -0.2) is 17.6 Å². The molecule has 0 aliphatic carbocycles. The number of phenolic OH excluding ortho intramolecular Hbond substituents is 1. The number of hydrogen-bond donors (Lipinski definition) is 1. The van der Waals surface area contributed by atoms with E-state index in [1.807, 2.05) is 30.3 Å². The SMILES string of the molecule is CC(F)Cc1c(OCc2ccccc2)ccc(C=O)c1O. The molecule has 2 rings (SSSR count). The van der Waals surface area contributed by atoms with Crippen molar-refractivity contribution in [2.45, 2.75) is 26.1 Å². The Hall–Kier alpha value is -2.36. The summed E-state index contributed by atoms with van der Waals surface area (Å²) < 4.78 is 19.0. The number of ether oxygens (including phenoxy) is 1. The summed E-state index contributed by atoms with van der Waals surface area (Å²) in [6.07, 6.45) is -0.600. The van der Waals surface area contributed by atoms with E-state index in [0.29, 0.717) is 24.2 Å². The minimum absolute atomic E-state index is 0.00234. The van der Waals surface area contributed by atoms with E-state index in [2.05, 4.69) is 0 Å². The maximum absolute atomic E-state index is 13.3. The van der Waals surface area contributed by atoms with E-state index in [1.165, 1.54) is 13.0 Å². The third kappa shape index (κ3) is 3.81. The lowest BCUT2D eigenvalue weighted by molar-refractivity contribution is 0.112. The van der Waals surface area contributed by atoms with Gasteiger partial charge in [0.05, 0.1) is 5.56 Å². The van der Waals surface area contributed by atoms with Gasteiger partial charge in [0.2, 0.25) is 0 Å². The molecule has 1 atom stereocenters. The fourth-order valence-corrected chi connectivity index (χ4v) is 2.08. The van der Waals surface area contributed by atoms with E-state index in [4.69, 9.17) is 4.74 Å². The van der Waals surface area contributed by atoms with Crippen LogP contribution in [0.1, 0.15) is 28.4 Å². The van der Waals surface area contributed by atoms with Gasteiger partial charge in [-0.2, -0.15) is 0 Å². The van der Waals surface area contributed by atoms with E-state index in [-0.39, 0.29) is 17.7 Å². The summed E-state index contributed by atoms with van der Waals surface area (Å²) in [4.78, 5) is 10.9. The lowest BCUT2D eigenvalue weighted by atomic mass is 10.0. The summed E-state index contributed by atoms with van der Waals surface area (Å²) in [5, 5.41) is 10.0. The number of benzene rings is 2. The van der Waals surface area contributed by atoms with Gasteiger partial charge in [-0.05, 0) is 24.6 Å². The van der Waals surface area contributed by atoms with Crippen LogP contribution >= 0.6 is 0 Å². The van der Waals surface area contributed by atoms with E-state index in [9.17, 15) is 14.3 Å². The summed E-state index contributed by atoms with van der Waals surface area (Å²) in [5.41, 5.74) is 1.43. The van der Waals surface area contributed by atoms with E-state index >= 15 is 0 Å². The number of aromatic hydroxyl groups is 1. The molecular formula is C17H17FO3. The Bertz CT molecular complexity index is 609. The molecule has 3 nitrogen and oxygen atoms in total. The highest BCUT2D eigenvalue weighted by Crippen LogP contribution is 2.32. The van der Waals surface area contributed by atoms with Crippen molar-refractivity contribution in [1.82, 2.24) is 0 Å². The molecule has 0 aliphatic rings. The van der Waals surface area contributed by atoms with E-state index in [1.54, 1.807) is 6.07 Å². The Morgan fingerprint density at radius 3 is 2.57 bits per heavy atom. The number of hydrogen-bond acceptors (Lipinski definition) is 3. The van der Waals surface area contributed by atoms with Crippen molar-refractivity contribution in [2.75, 3.05) is 0 Å². The lowest BCUT2D eigenvalue weighted by Gasteiger charge is -2.15. The minimum Gasteiger partial charge on any atom is -0.507 e. The van der Waals surface area contributed by atoms with Crippen molar-refractivity contribution < 1.29 is 19.0 Å². The van der Waals surface area contributed by atoms with Crippen LogP contribution in [0.25, 0.3) is 0 Å². The largest absolute Gasteiger partial charge is 0.507 e. The lowest BCUT2D eigenvalue weighted by Crippen LogP contribution is -2.05. The average molecular weight is 288 g/mol. The zero-order chi connectivity index (χ0) is 15.2. The Labute approximate surface area is 123 Å². The van der Waals surface area contributed by atoms with Crippen molar-refractivity contribution >= 4 is 6.29 Å². The number of carbonyl (C=O) groups excluding carboxylic acids is 1. The maximum atomic E-state index is 13.3. The van der Waals surface area contributed by atoms with Gasteiger partial charge >= 0.3 is 0 Å². The maximum Gasteiger partial charge on any atom is 0.153 e. The van der Waals surface area contributed by atoms with Crippen LogP contribution < -0.4 is 4.74 Å². The Kier molecular flexibility index (Phi) is 4.93. The molecule has 0 heterocycles. The summed E-state index contributed by atoms with van der Waals surface area (Å²) in [6, 6.07) is 12.6. The molecule has 0 saturated carbocycles. The molecule has 2 aromatic rings. The zero-order valence-corrected chi connectivity index (χ0v) is 11.8. The standard InChI is InChI=1S/C17H17FO3/c1-12(18)9-15-16(8-7-14(10-19)17(15)20)21-11-13-5-3-2-4-6-13/h2-8,10,12,20H,9,11H2,1H3. The van der Waals surface area contributed by atoms with Gasteiger partial charge in [0.15, 0.2) is 6.29 Å². The molecule has 1 unspecified atom stereocenters. The van der Waals surface area contributed by atoms with Gasteiger partial charge in [0, 0.05) is 12.0 Å². The highest BCUT2D eigenvalue weighted by atomic mass is 19.1. The highest BCUT2D eigenvalue weighted by molar-refractivity contribution is 5.80. The molecule has 0 aromatic heterocycles. The molecule has 2 aromatic carbocycles. The molecule has 0 fully saturated rings. The third-order valence-corrected chi connectivity index (χ3v) is 3.12. The first-order chi connectivity index (χ1) is 10.1. The smallest absolute Gasteiger partial charge is 0.153 e. The van der Waals surface area contributed by atoms with Gasteiger partial charge in [-0.15, -0.1) is 0 Å². The first-order valence-electron chi connectivity index (χ1n) is 6.72. The number of halogens is 1. The molecule has 0 aliphatic heterocycles. The minimum atomic E-state index is -1.14. The number of carbonyl (C=O) groups is 1. The van der Waals surface area contributed by atoms with Gasteiger partial charge in [-0.1, -0.05) is 30.3 Å². The number of alkyl halides is 1. The van der Waals surface area contributed by atoms with Crippen molar-refractivity contribution in [3.8, 4) is 11.5 Å². The van der Waals surface area contributed by atoms with Crippen LogP contribution in [0.2, 0.25) is 0 Å². The first-order valence-corrected chi connectivity index (χ1v) is 6.72. The quantitative estimate of drug-likeness (QED) is 0.825. The van der Waals surface area contributed by atoms with Crippen LogP contribution in [0, 0.1) is 0 Å². The predicted molar refractivity (Wildman–Crippen MR) is 78.5 cm³/mol. The van der Waals surface area contributed by atoms with Crippen LogP contribution in [0.3, 0.4) is 0 Å². The van der Waals surface area contributed by atoms with Gasteiger partial charge in [-0.25, -0.2) is 4.39 Å². The van der Waals surface area contributed by atoms with Crippen molar-refractivity contribution in [1.29, 1.82) is 0 Å². The van der Waals surface area contributed by atoms with Crippen LogP contribution in [0.4, 0.5) is 4.39 Å². The summed E-state index contributed by atoms with van der Waals surface area (Å²) in [7, 11) is 0. The molecule has 1 N–H and O–H groups in total. The Morgan fingerprint density at radius 1 is 1.24 bits per heavy atom. The number of aldehydes is 1. The fourth-order valence-electron chi connectivity index (χ4n) is 2.08. The molecule has 0 spiro atoms. The number of phenols is 1. The first kappa shape index (κ1) is 15.0. The van der Waals surface area contributed by atoms with Crippen LogP contribution in [0.5, 0.6) is 11.5 Å². The van der Waals surface area contributed by atoms with Gasteiger partial charge in [0.25, 0.3) is 0 Å². The molecule has 0 bridgehead atoms. The normalized spacial score (nSPS) is 11.9. The molecule has 0 amide bonds. The van der Waals surface area contributed by atoms with Crippen molar-refractivity contribution in [3.05, 3.63) is 59.2 Å². The molecule has 110 valence electrons. The second-order valence-corrected chi connectivity index (χ2v) is 4.86. The summed E-state index contributed by atoms with van der Waals surface area (Å²) in [6.45, 7) is 1.71.